The first kappa shape index (κ1) is 22.6. The van der Waals surface area contributed by atoms with Gasteiger partial charge in [0.25, 0.3) is 0 Å². The van der Waals surface area contributed by atoms with E-state index < -0.39 is 11.8 Å². The Labute approximate surface area is 184 Å². The molecule has 2 aromatic rings. The average Bonchev–Trinajstić information content (AvgIpc) is 2.80. The number of ether oxygens (including phenoxy) is 1. The fraction of sp³-hybridized carbons (Fsp3) is 0.417. The van der Waals surface area contributed by atoms with Gasteiger partial charge in [0.2, 0.25) is 0 Å². The molecule has 0 saturated carbocycles. The van der Waals surface area contributed by atoms with Crippen molar-refractivity contribution in [3.63, 3.8) is 0 Å². The summed E-state index contributed by atoms with van der Waals surface area (Å²) in [7, 11) is 1.67. The van der Waals surface area contributed by atoms with Crippen molar-refractivity contribution in [3.8, 4) is 5.75 Å². The summed E-state index contributed by atoms with van der Waals surface area (Å²) in [6.07, 6.45) is 0. The third-order valence-corrected chi connectivity index (χ3v) is 5.56. The Balaban J connectivity index is 1.36. The van der Waals surface area contributed by atoms with Crippen LogP contribution in [-0.2, 0) is 9.59 Å². The molecular weight excluding hydrogens is 392 g/mol. The summed E-state index contributed by atoms with van der Waals surface area (Å²) in [4.78, 5) is 28.8. The third kappa shape index (κ3) is 6.46. The van der Waals surface area contributed by atoms with Crippen molar-refractivity contribution in [3.05, 3.63) is 54.1 Å². The van der Waals surface area contributed by atoms with E-state index in [9.17, 15) is 9.59 Å². The lowest BCUT2D eigenvalue weighted by molar-refractivity contribution is -0.136. The van der Waals surface area contributed by atoms with Crippen LogP contribution >= 0.6 is 0 Å². The lowest BCUT2D eigenvalue weighted by atomic mass is 10.0. The fourth-order valence-corrected chi connectivity index (χ4v) is 3.57. The molecular formula is C24H32N4O3. The van der Waals surface area contributed by atoms with E-state index in [4.69, 9.17) is 4.74 Å². The molecule has 0 radical (unpaired) electrons. The van der Waals surface area contributed by atoms with Crippen LogP contribution in [0.25, 0.3) is 0 Å². The number of methoxy groups -OCH3 is 1. The Morgan fingerprint density at radius 3 is 2.16 bits per heavy atom. The van der Waals surface area contributed by atoms with Crippen LogP contribution in [0.5, 0.6) is 5.75 Å². The van der Waals surface area contributed by atoms with Gasteiger partial charge in [-0.15, -0.1) is 0 Å². The second kappa shape index (κ2) is 10.8. The number of piperazine rings is 1. The van der Waals surface area contributed by atoms with E-state index in [1.165, 1.54) is 11.3 Å². The molecule has 2 N–H and O–H groups in total. The molecule has 2 aromatic carbocycles. The highest BCUT2D eigenvalue weighted by Gasteiger charge is 2.18. The quantitative estimate of drug-likeness (QED) is 0.669. The van der Waals surface area contributed by atoms with Gasteiger partial charge < -0.3 is 20.3 Å². The van der Waals surface area contributed by atoms with Crippen molar-refractivity contribution in [1.29, 1.82) is 0 Å². The molecule has 0 atom stereocenters. The van der Waals surface area contributed by atoms with Gasteiger partial charge in [-0.05, 0) is 47.9 Å². The van der Waals surface area contributed by atoms with Gasteiger partial charge in [0, 0.05) is 50.6 Å². The predicted octanol–water partition coefficient (Wildman–Crippen LogP) is 2.70. The summed E-state index contributed by atoms with van der Waals surface area (Å²) >= 11 is 0. The maximum atomic E-state index is 12.1. The van der Waals surface area contributed by atoms with Crippen molar-refractivity contribution in [2.45, 2.75) is 19.8 Å². The second-order valence-electron chi connectivity index (χ2n) is 8.01. The van der Waals surface area contributed by atoms with Crippen LogP contribution in [0.1, 0.15) is 25.3 Å². The van der Waals surface area contributed by atoms with E-state index in [2.05, 4.69) is 46.4 Å². The smallest absolute Gasteiger partial charge is 0.313 e. The lowest BCUT2D eigenvalue weighted by Crippen LogP contribution is -2.49. The summed E-state index contributed by atoms with van der Waals surface area (Å²) in [5, 5.41) is 5.36. The van der Waals surface area contributed by atoms with E-state index in [0.717, 1.165) is 38.5 Å². The highest BCUT2D eigenvalue weighted by atomic mass is 16.5. The van der Waals surface area contributed by atoms with Gasteiger partial charge in [0.15, 0.2) is 0 Å². The van der Waals surface area contributed by atoms with Crippen LogP contribution in [0, 0.1) is 0 Å². The van der Waals surface area contributed by atoms with E-state index >= 15 is 0 Å². The molecule has 7 heteroatoms. The molecule has 1 aliphatic rings. The summed E-state index contributed by atoms with van der Waals surface area (Å²) in [5.41, 5.74) is 3.00. The molecule has 1 saturated heterocycles. The van der Waals surface area contributed by atoms with Crippen LogP contribution in [-0.4, -0.2) is 63.1 Å². The second-order valence-corrected chi connectivity index (χ2v) is 8.01. The van der Waals surface area contributed by atoms with Gasteiger partial charge >= 0.3 is 11.8 Å². The first-order valence-electron chi connectivity index (χ1n) is 10.8. The van der Waals surface area contributed by atoms with Gasteiger partial charge in [0.05, 0.1) is 7.11 Å². The minimum absolute atomic E-state index is 0.422. The Hall–Kier alpha value is -3.06. The van der Waals surface area contributed by atoms with Gasteiger partial charge in [-0.1, -0.05) is 26.0 Å². The van der Waals surface area contributed by atoms with Crippen molar-refractivity contribution >= 4 is 23.2 Å². The SMILES string of the molecule is COc1ccc(N2CCN(CCNC(=O)C(=O)Nc3ccc(C(C)C)cc3)CC2)cc1. The van der Waals surface area contributed by atoms with E-state index in [0.29, 0.717) is 18.2 Å². The number of anilines is 2. The molecule has 31 heavy (non-hydrogen) atoms. The summed E-state index contributed by atoms with van der Waals surface area (Å²) in [6.45, 7) is 9.06. The number of amides is 2. The minimum Gasteiger partial charge on any atom is -0.497 e. The predicted molar refractivity (Wildman–Crippen MR) is 124 cm³/mol. The molecule has 166 valence electrons. The lowest BCUT2D eigenvalue weighted by Gasteiger charge is -2.36. The topological polar surface area (TPSA) is 73.9 Å². The maximum absolute atomic E-state index is 12.1. The van der Waals surface area contributed by atoms with Crippen LogP contribution in [0.4, 0.5) is 11.4 Å². The molecule has 1 aliphatic heterocycles. The highest BCUT2D eigenvalue weighted by Crippen LogP contribution is 2.20. The number of hydrogen-bond donors (Lipinski definition) is 2. The Bertz CT molecular complexity index is 857. The van der Waals surface area contributed by atoms with Crippen LogP contribution in [0.3, 0.4) is 0 Å². The van der Waals surface area contributed by atoms with Crippen LogP contribution in [0.2, 0.25) is 0 Å². The normalized spacial score (nSPS) is 14.4. The molecule has 2 amide bonds. The van der Waals surface area contributed by atoms with E-state index in [-0.39, 0.29) is 0 Å². The van der Waals surface area contributed by atoms with Gasteiger partial charge in [0.1, 0.15) is 5.75 Å². The van der Waals surface area contributed by atoms with Gasteiger partial charge in [-0.25, -0.2) is 0 Å². The van der Waals surface area contributed by atoms with Gasteiger partial charge in [-0.3, -0.25) is 14.5 Å². The number of rotatable bonds is 7. The Kier molecular flexibility index (Phi) is 7.89. The summed E-state index contributed by atoms with van der Waals surface area (Å²) in [6, 6.07) is 15.7. The fourth-order valence-electron chi connectivity index (χ4n) is 3.57. The number of carbonyl (C=O) groups excluding carboxylic acids is 2. The summed E-state index contributed by atoms with van der Waals surface area (Å²) in [5.74, 6) is 0.0345. The molecule has 7 nitrogen and oxygen atoms in total. The number of nitrogens with one attached hydrogen (secondary N) is 2. The number of hydrogen-bond acceptors (Lipinski definition) is 5. The van der Waals surface area contributed by atoms with E-state index in [1.54, 1.807) is 7.11 Å². The molecule has 0 aromatic heterocycles. The monoisotopic (exact) mass is 424 g/mol. The molecule has 1 fully saturated rings. The first-order valence-corrected chi connectivity index (χ1v) is 10.8. The Morgan fingerprint density at radius 1 is 0.935 bits per heavy atom. The maximum Gasteiger partial charge on any atom is 0.313 e. The van der Waals surface area contributed by atoms with Crippen molar-refractivity contribution in [2.24, 2.45) is 0 Å². The number of nitrogens with zero attached hydrogens (tertiary/aromatic N) is 2. The van der Waals surface area contributed by atoms with Crippen LogP contribution < -0.4 is 20.3 Å². The zero-order valence-electron chi connectivity index (χ0n) is 18.6. The zero-order chi connectivity index (χ0) is 22.2. The number of carbonyl (C=O) groups is 2. The summed E-state index contributed by atoms with van der Waals surface area (Å²) < 4.78 is 5.21. The molecule has 0 aliphatic carbocycles. The molecule has 0 unspecified atom stereocenters. The van der Waals surface area contributed by atoms with Crippen molar-refractivity contribution in [2.75, 3.05) is 56.6 Å². The third-order valence-electron chi connectivity index (χ3n) is 5.56. The number of benzene rings is 2. The largest absolute Gasteiger partial charge is 0.497 e. The van der Waals surface area contributed by atoms with Crippen LogP contribution in [0.15, 0.2) is 48.5 Å². The van der Waals surface area contributed by atoms with Crippen molar-refractivity contribution in [1.82, 2.24) is 10.2 Å². The van der Waals surface area contributed by atoms with Gasteiger partial charge in [-0.2, -0.15) is 0 Å². The average molecular weight is 425 g/mol. The standard InChI is InChI=1S/C24H32N4O3/c1-18(2)19-4-6-20(7-5-19)26-24(30)23(29)25-12-13-27-14-16-28(17-15-27)21-8-10-22(31-3)11-9-21/h4-11,18H,12-17H2,1-3H3,(H,25,29)(H,26,30). The van der Waals surface area contributed by atoms with E-state index in [1.807, 2.05) is 36.4 Å². The minimum atomic E-state index is -0.637. The molecule has 0 bridgehead atoms. The zero-order valence-corrected chi connectivity index (χ0v) is 18.6. The molecule has 0 spiro atoms. The first-order chi connectivity index (χ1) is 15.0. The van der Waals surface area contributed by atoms with Crippen molar-refractivity contribution < 1.29 is 14.3 Å². The highest BCUT2D eigenvalue weighted by molar-refractivity contribution is 6.39. The molecule has 1 heterocycles. The Morgan fingerprint density at radius 2 is 1.58 bits per heavy atom. The molecule has 3 rings (SSSR count).